The van der Waals surface area contributed by atoms with Crippen molar-refractivity contribution in [1.82, 2.24) is 14.9 Å². The van der Waals surface area contributed by atoms with Crippen LogP contribution < -0.4 is 4.74 Å². The summed E-state index contributed by atoms with van der Waals surface area (Å²) in [5.41, 5.74) is 0.268. The molecule has 0 aromatic heterocycles. The fraction of sp³-hybridized carbons (Fsp3) is 0.600. The lowest BCUT2D eigenvalue weighted by molar-refractivity contribution is -0.159. The molecule has 1 fully saturated rings. The van der Waals surface area contributed by atoms with E-state index >= 15 is 0 Å². The first-order valence-electron chi connectivity index (χ1n) is 11.8. The molecule has 1 aromatic rings. The van der Waals surface area contributed by atoms with Gasteiger partial charge in [0.15, 0.2) is 17.9 Å². The van der Waals surface area contributed by atoms with E-state index in [0.29, 0.717) is 31.2 Å². The number of likely N-dealkylation sites (tertiary alicyclic amines) is 1. The number of carbonyl (C=O) groups is 2. The van der Waals surface area contributed by atoms with Crippen molar-refractivity contribution in [3.63, 3.8) is 0 Å². The Labute approximate surface area is 195 Å². The van der Waals surface area contributed by atoms with Crippen molar-refractivity contribution < 1.29 is 23.1 Å². The van der Waals surface area contributed by atoms with Crippen molar-refractivity contribution in [3.8, 4) is 5.75 Å². The monoisotopic (exact) mass is 463 g/mol. The van der Waals surface area contributed by atoms with Gasteiger partial charge in [0.2, 0.25) is 5.82 Å². The van der Waals surface area contributed by atoms with Crippen molar-refractivity contribution in [2.45, 2.75) is 65.0 Å². The van der Waals surface area contributed by atoms with Crippen LogP contribution in [0.1, 0.15) is 58.4 Å². The summed E-state index contributed by atoms with van der Waals surface area (Å²) in [6, 6.07) is 2.86. The average molecular weight is 464 g/mol. The molecule has 0 aliphatic carbocycles. The lowest BCUT2D eigenvalue weighted by atomic mass is 9.80. The molecule has 0 radical (unpaired) electrons. The van der Waals surface area contributed by atoms with Crippen LogP contribution in [0, 0.1) is 11.6 Å². The zero-order valence-corrected chi connectivity index (χ0v) is 20.1. The maximum atomic E-state index is 15.0. The fourth-order valence-corrected chi connectivity index (χ4v) is 5.15. The third kappa shape index (κ3) is 4.82. The van der Waals surface area contributed by atoms with Gasteiger partial charge in [-0.05, 0) is 57.3 Å². The lowest BCUT2D eigenvalue weighted by Crippen LogP contribution is -2.61. The maximum absolute atomic E-state index is 15.0. The minimum atomic E-state index is -1.06. The van der Waals surface area contributed by atoms with Crippen LogP contribution in [0.2, 0.25) is 0 Å². The summed E-state index contributed by atoms with van der Waals surface area (Å²) >= 11 is 0. The molecule has 0 saturated carbocycles. The van der Waals surface area contributed by atoms with Gasteiger partial charge < -0.3 is 4.74 Å². The molecule has 2 heterocycles. The molecule has 0 unspecified atom stereocenters. The second-order valence-corrected chi connectivity index (χ2v) is 8.88. The molecule has 182 valence electrons. The number of piperidine rings is 1. The smallest absolute Gasteiger partial charge is 0.271 e. The van der Waals surface area contributed by atoms with Crippen LogP contribution in [0.3, 0.4) is 0 Å². The number of nitrogens with zero attached hydrogens (tertiary/aromatic N) is 3. The van der Waals surface area contributed by atoms with Crippen molar-refractivity contribution in [1.29, 1.82) is 0 Å². The van der Waals surface area contributed by atoms with Gasteiger partial charge in [0.1, 0.15) is 6.61 Å². The van der Waals surface area contributed by atoms with Crippen LogP contribution in [-0.2, 0) is 16.1 Å². The highest BCUT2D eigenvalue weighted by Crippen LogP contribution is 2.39. The minimum absolute atomic E-state index is 0.0296. The molecule has 6 nitrogen and oxygen atoms in total. The number of benzene rings is 1. The topological polar surface area (TPSA) is 53.1 Å². The Balaban J connectivity index is 1.77. The molecule has 1 amide bonds. The summed E-state index contributed by atoms with van der Waals surface area (Å²) < 4.78 is 35.3. The van der Waals surface area contributed by atoms with E-state index in [1.807, 2.05) is 13.8 Å². The Morgan fingerprint density at radius 2 is 1.76 bits per heavy atom. The molecule has 1 aromatic carbocycles. The Morgan fingerprint density at radius 1 is 1.09 bits per heavy atom. The van der Waals surface area contributed by atoms with Crippen molar-refractivity contribution >= 4 is 12.2 Å². The third-order valence-electron chi connectivity index (χ3n) is 7.40. The molecule has 1 saturated heterocycles. The number of hydrogen-bond donors (Lipinski definition) is 0. The van der Waals surface area contributed by atoms with E-state index in [4.69, 9.17) is 4.74 Å². The molecular formula is C25H35F2N3O3. The quantitative estimate of drug-likeness (QED) is 0.408. The second-order valence-electron chi connectivity index (χ2n) is 8.88. The number of hydrazine groups is 1. The second kappa shape index (κ2) is 10.7. The van der Waals surface area contributed by atoms with E-state index in [1.165, 1.54) is 23.6 Å². The molecule has 3 rings (SSSR count). The van der Waals surface area contributed by atoms with Gasteiger partial charge in [-0.1, -0.05) is 26.3 Å². The van der Waals surface area contributed by atoms with Gasteiger partial charge in [-0.15, -0.1) is 0 Å². The van der Waals surface area contributed by atoms with E-state index in [1.54, 1.807) is 19.0 Å². The molecule has 0 N–H and O–H groups in total. The highest BCUT2D eigenvalue weighted by Gasteiger charge is 2.45. The number of likely N-dealkylation sites (N-methyl/N-ethyl adjacent to an activating group) is 1. The van der Waals surface area contributed by atoms with Gasteiger partial charge in [-0.2, -0.15) is 4.39 Å². The van der Waals surface area contributed by atoms with Crippen LogP contribution in [0.25, 0.3) is 0 Å². The van der Waals surface area contributed by atoms with Crippen molar-refractivity contribution in [2.75, 3.05) is 33.3 Å². The average Bonchev–Trinajstić information content (AvgIpc) is 2.82. The summed E-state index contributed by atoms with van der Waals surface area (Å²) in [7, 11) is 1.75. The molecule has 33 heavy (non-hydrogen) atoms. The van der Waals surface area contributed by atoms with E-state index in [0.717, 1.165) is 25.9 Å². The predicted molar refractivity (Wildman–Crippen MR) is 123 cm³/mol. The van der Waals surface area contributed by atoms with Gasteiger partial charge in [0, 0.05) is 19.2 Å². The molecular weight excluding hydrogens is 428 g/mol. The number of carbonyl (C=O) groups excluding carboxylic acids is 2. The first-order valence-corrected chi connectivity index (χ1v) is 11.8. The third-order valence-corrected chi connectivity index (χ3v) is 7.40. The molecule has 2 aliphatic heterocycles. The number of rotatable bonds is 9. The molecule has 0 bridgehead atoms. The first kappa shape index (κ1) is 25.3. The highest BCUT2D eigenvalue weighted by atomic mass is 19.2. The maximum Gasteiger partial charge on any atom is 0.271 e. The zero-order valence-electron chi connectivity index (χ0n) is 20.1. The summed E-state index contributed by atoms with van der Waals surface area (Å²) in [5.74, 6) is -2.74. The Kier molecular flexibility index (Phi) is 8.23. The molecule has 0 spiro atoms. The van der Waals surface area contributed by atoms with Crippen molar-refractivity contribution in [2.24, 2.45) is 0 Å². The Morgan fingerprint density at radius 3 is 2.36 bits per heavy atom. The van der Waals surface area contributed by atoms with Gasteiger partial charge in [-0.3, -0.25) is 19.5 Å². The van der Waals surface area contributed by atoms with Gasteiger partial charge in [-0.25, -0.2) is 9.40 Å². The van der Waals surface area contributed by atoms with Crippen LogP contribution in [0.4, 0.5) is 8.78 Å². The standard InChI is InChI=1S/C25H35F2N3O3/c1-5-25(6-2)18(3)20(17-31)24(32)30(28(25)4)16-19-10-11-21(23(27)22(19)26)33-15-14-29-12-8-7-9-13-29/h10-11,17H,5-9,12-16H2,1-4H3. The minimum Gasteiger partial charge on any atom is -0.489 e. The van der Waals surface area contributed by atoms with E-state index < -0.39 is 23.1 Å². The van der Waals surface area contributed by atoms with Gasteiger partial charge >= 0.3 is 0 Å². The van der Waals surface area contributed by atoms with Crippen molar-refractivity contribution in [3.05, 3.63) is 40.5 Å². The number of hydrogen-bond acceptors (Lipinski definition) is 5. The fourth-order valence-electron chi connectivity index (χ4n) is 5.15. The molecule has 0 atom stereocenters. The summed E-state index contributed by atoms with van der Waals surface area (Å²) in [6.45, 7) is 8.54. The Hall–Kier alpha value is -2.32. The SMILES string of the molecule is CCC1(CC)C(C)=C(C=O)C(=O)N(Cc2ccc(OCCN3CCCCC3)c(F)c2F)N1C. The van der Waals surface area contributed by atoms with Crippen LogP contribution in [0.15, 0.2) is 23.3 Å². The normalized spacial score (nSPS) is 19.8. The number of amides is 1. The summed E-state index contributed by atoms with van der Waals surface area (Å²) in [4.78, 5) is 27.0. The number of halogens is 2. The van der Waals surface area contributed by atoms with Gasteiger partial charge in [0.05, 0.1) is 17.7 Å². The van der Waals surface area contributed by atoms with Crippen LogP contribution in [-0.4, -0.2) is 65.9 Å². The van der Waals surface area contributed by atoms with Crippen LogP contribution in [0.5, 0.6) is 5.75 Å². The lowest BCUT2D eigenvalue weighted by Gasteiger charge is -2.51. The van der Waals surface area contributed by atoms with Crippen LogP contribution >= 0.6 is 0 Å². The zero-order chi connectivity index (χ0) is 24.2. The number of aldehydes is 1. The predicted octanol–water partition coefficient (Wildman–Crippen LogP) is 4.09. The molecule has 2 aliphatic rings. The summed E-state index contributed by atoms with van der Waals surface area (Å²) in [6.07, 6.45) is 5.42. The number of ether oxygens (including phenoxy) is 1. The molecule has 8 heteroatoms. The van der Waals surface area contributed by atoms with E-state index in [2.05, 4.69) is 4.90 Å². The Bertz CT molecular complexity index is 908. The largest absolute Gasteiger partial charge is 0.489 e. The highest BCUT2D eigenvalue weighted by molar-refractivity contribution is 6.12. The van der Waals surface area contributed by atoms with E-state index in [-0.39, 0.29) is 30.0 Å². The first-order chi connectivity index (χ1) is 15.8. The summed E-state index contributed by atoms with van der Waals surface area (Å²) in [5, 5.41) is 3.09. The van der Waals surface area contributed by atoms with Gasteiger partial charge in [0.25, 0.3) is 5.91 Å². The van der Waals surface area contributed by atoms with E-state index in [9.17, 15) is 18.4 Å².